The summed E-state index contributed by atoms with van der Waals surface area (Å²) in [6, 6.07) is 14.8. The number of hydrogen-bond acceptors (Lipinski definition) is 5. The molecule has 0 radical (unpaired) electrons. The van der Waals surface area contributed by atoms with Crippen molar-refractivity contribution in [3.63, 3.8) is 0 Å². The van der Waals surface area contributed by atoms with Crippen molar-refractivity contribution in [2.75, 3.05) is 6.61 Å². The maximum absolute atomic E-state index is 11.6. The molecule has 0 fully saturated rings. The molecule has 0 saturated carbocycles. The third kappa shape index (κ3) is 5.14. The van der Waals surface area contributed by atoms with Gasteiger partial charge in [0, 0.05) is 4.47 Å². The second-order valence-corrected chi connectivity index (χ2v) is 5.64. The van der Waals surface area contributed by atoms with Crippen molar-refractivity contribution in [1.29, 1.82) is 0 Å². The molecule has 2 aromatic rings. The Kier molecular flexibility index (Phi) is 5.94. The molecule has 1 atom stereocenters. The molecule has 5 nitrogen and oxygen atoms in total. The standard InChI is InChI=1S/C16H17BrN2O3/c1-11-3-2-4-12(9-11)16(18)19-22-15(20)10-21-14-7-5-13(17)6-8-14/h2-9,16,19H,10,18H2,1H3. The first-order valence-corrected chi connectivity index (χ1v) is 7.49. The van der Waals surface area contributed by atoms with Crippen molar-refractivity contribution >= 4 is 21.9 Å². The van der Waals surface area contributed by atoms with Crippen molar-refractivity contribution in [2.24, 2.45) is 5.73 Å². The number of aryl methyl sites for hydroxylation is 1. The molecule has 6 heteroatoms. The zero-order valence-electron chi connectivity index (χ0n) is 12.1. The van der Waals surface area contributed by atoms with Gasteiger partial charge in [-0.05, 0) is 36.8 Å². The van der Waals surface area contributed by atoms with E-state index in [1.807, 2.05) is 43.3 Å². The second-order valence-electron chi connectivity index (χ2n) is 4.73. The quantitative estimate of drug-likeness (QED) is 0.608. The number of halogens is 1. The smallest absolute Gasteiger partial charge is 0.362 e. The number of hydroxylamine groups is 1. The van der Waals surface area contributed by atoms with Gasteiger partial charge in [0.2, 0.25) is 0 Å². The maximum atomic E-state index is 11.6. The Morgan fingerprint density at radius 3 is 2.68 bits per heavy atom. The predicted octanol–water partition coefficient (Wildman–Crippen LogP) is 2.84. The van der Waals surface area contributed by atoms with E-state index in [-0.39, 0.29) is 6.61 Å². The summed E-state index contributed by atoms with van der Waals surface area (Å²) in [4.78, 5) is 16.5. The number of ether oxygens (including phenoxy) is 1. The molecule has 0 aliphatic carbocycles. The lowest BCUT2D eigenvalue weighted by atomic mass is 10.1. The van der Waals surface area contributed by atoms with Crippen molar-refractivity contribution in [2.45, 2.75) is 13.1 Å². The van der Waals surface area contributed by atoms with Crippen molar-refractivity contribution in [3.8, 4) is 5.75 Å². The normalized spacial score (nSPS) is 11.8. The summed E-state index contributed by atoms with van der Waals surface area (Å²) < 4.78 is 6.24. The second kappa shape index (κ2) is 7.93. The van der Waals surface area contributed by atoms with Crippen molar-refractivity contribution in [1.82, 2.24) is 5.48 Å². The van der Waals surface area contributed by atoms with Gasteiger partial charge >= 0.3 is 5.97 Å². The van der Waals surface area contributed by atoms with E-state index in [2.05, 4.69) is 21.4 Å². The van der Waals surface area contributed by atoms with Gasteiger partial charge in [0.1, 0.15) is 11.9 Å². The number of hydrogen-bond donors (Lipinski definition) is 2. The highest BCUT2D eigenvalue weighted by Gasteiger charge is 2.10. The third-order valence-electron chi connectivity index (χ3n) is 2.87. The van der Waals surface area contributed by atoms with Gasteiger partial charge in [0.25, 0.3) is 0 Å². The molecule has 0 heterocycles. The Morgan fingerprint density at radius 2 is 2.00 bits per heavy atom. The van der Waals surface area contributed by atoms with E-state index < -0.39 is 12.1 Å². The molecule has 1 unspecified atom stereocenters. The maximum Gasteiger partial charge on any atom is 0.362 e. The van der Waals surface area contributed by atoms with Crippen LogP contribution in [0, 0.1) is 6.92 Å². The van der Waals surface area contributed by atoms with Crippen LogP contribution in [0.15, 0.2) is 53.0 Å². The van der Waals surface area contributed by atoms with Crippen LogP contribution in [0.25, 0.3) is 0 Å². The van der Waals surface area contributed by atoms with Gasteiger partial charge in [-0.1, -0.05) is 45.8 Å². The summed E-state index contributed by atoms with van der Waals surface area (Å²) >= 11 is 3.32. The van der Waals surface area contributed by atoms with Crippen LogP contribution in [0.3, 0.4) is 0 Å². The molecule has 0 aliphatic rings. The predicted molar refractivity (Wildman–Crippen MR) is 87.0 cm³/mol. The lowest BCUT2D eigenvalue weighted by Crippen LogP contribution is -2.32. The van der Waals surface area contributed by atoms with Gasteiger partial charge in [0.15, 0.2) is 6.61 Å². The van der Waals surface area contributed by atoms with Crippen LogP contribution >= 0.6 is 15.9 Å². The average molecular weight is 365 g/mol. The zero-order valence-corrected chi connectivity index (χ0v) is 13.7. The van der Waals surface area contributed by atoms with E-state index in [1.165, 1.54) is 0 Å². The first-order chi connectivity index (χ1) is 10.5. The minimum absolute atomic E-state index is 0.199. The largest absolute Gasteiger partial charge is 0.482 e. The lowest BCUT2D eigenvalue weighted by molar-refractivity contribution is -0.155. The van der Waals surface area contributed by atoms with E-state index in [9.17, 15) is 4.79 Å². The Hall–Kier alpha value is -1.89. The summed E-state index contributed by atoms with van der Waals surface area (Å²) in [5.74, 6) is 0.0363. The molecule has 0 saturated heterocycles. The number of carbonyl (C=O) groups is 1. The fourth-order valence-corrected chi connectivity index (χ4v) is 2.03. The van der Waals surface area contributed by atoms with Crippen molar-refractivity contribution < 1.29 is 14.4 Å². The van der Waals surface area contributed by atoms with Crippen LogP contribution in [0.4, 0.5) is 0 Å². The Balaban J connectivity index is 1.76. The molecule has 0 aliphatic heterocycles. The third-order valence-corrected chi connectivity index (χ3v) is 3.40. The molecule has 22 heavy (non-hydrogen) atoms. The van der Waals surface area contributed by atoms with Crippen LogP contribution in [-0.2, 0) is 9.63 Å². The lowest BCUT2D eigenvalue weighted by Gasteiger charge is -2.14. The summed E-state index contributed by atoms with van der Waals surface area (Å²) in [5.41, 5.74) is 10.3. The summed E-state index contributed by atoms with van der Waals surface area (Å²) in [6.07, 6.45) is -0.587. The fraction of sp³-hybridized carbons (Fsp3) is 0.188. The molecular weight excluding hydrogens is 348 g/mol. The van der Waals surface area contributed by atoms with Crippen LogP contribution in [-0.4, -0.2) is 12.6 Å². The van der Waals surface area contributed by atoms with Crippen LogP contribution in [0.5, 0.6) is 5.75 Å². The van der Waals surface area contributed by atoms with Crippen molar-refractivity contribution in [3.05, 3.63) is 64.1 Å². The molecule has 0 amide bonds. The van der Waals surface area contributed by atoms with E-state index in [0.717, 1.165) is 15.6 Å². The van der Waals surface area contributed by atoms with Crippen LogP contribution in [0.2, 0.25) is 0 Å². The topological polar surface area (TPSA) is 73.6 Å². The van der Waals surface area contributed by atoms with Gasteiger partial charge in [0.05, 0.1) is 0 Å². The molecule has 0 bridgehead atoms. The molecule has 116 valence electrons. The highest BCUT2D eigenvalue weighted by molar-refractivity contribution is 9.10. The van der Waals surface area contributed by atoms with Gasteiger partial charge < -0.3 is 15.3 Å². The minimum atomic E-state index is -0.587. The van der Waals surface area contributed by atoms with Gasteiger partial charge in [-0.15, -0.1) is 5.48 Å². The van der Waals surface area contributed by atoms with Crippen LogP contribution < -0.4 is 16.0 Å². The highest BCUT2D eigenvalue weighted by Crippen LogP contribution is 2.16. The number of benzene rings is 2. The zero-order chi connectivity index (χ0) is 15.9. The average Bonchev–Trinajstić information content (AvgIpc) is 2.52. The van der Waals surface area contributed by atoms with E-state index in [4.69, 9.17) is 15.3 Å². The van der Waals surface area contributed by atoms with E-state index in [1.54, 1.807) is 12.1 Å². The van der Waals surface area contributed by atoms with Gasteiger partial charge in [-0.3, -0.25) is 0 Å². The highest BCUT2D eigenvalue weighted by atomic mass is 79.9. The first-order valence-electron chi connectivity index (χ1n) is 6.70. The molecule has 0 spiro atoms. The van der Waals surface area contributed by atoms with Gasteiger partial charge in [-0.2, -0.15) is 0 Å². The summed E-state index contributed by atoms with van der Waals surface area (Å²) in [7, 11) is 0. The molecule has 3 N–H and O–H groups in total. The fourth-order valence-electron chi connectivity index (χ4n) is 1.76. The first kappa shape index (κ1) is 16.5. The minimum Gasteiger partial charge on any atom is -0.482 e. The van der Waals surface area contributed by atoms with Crippen LogP contribution in [0.1, 0.15) is 17.3 Å². The summed E-state index contributed by atoms with van der Waals surface area (Å²) in [6.45, 7) is 1.77. The molecule has 2 rings (SSSR count). The number of nitrogens with two attached hydrogens (primary N) is 1. The Morgan fingerprint density at radius 1 is 1.27 bits per heavy atom. The molecule has 2 aromatic carbocycles. The Labute approximate surface area is 137 Å². The SMILES string of the molecule is Cc1cccc(C(N)NOC(=O)COc2ccc(Br)cc2)c1. The van der Waals surface area contributed by atoms with E-state index >= 15 is 0 Å². The molecular formula is C16H17BrN2O3. The monoisotopic (exact) mass is 364 g/mol. The van der Waals surface area contributed by atoms with Gasteiger partial charge in [-0.25, -0.2) is 4.79 Å². The number of carbonyl (C=O) groups excluding carboxylic acids is 1. The number of rotatable bonds is 6. The number of nitrogens with one attached hydrogen (secondary N) is 1. The Bertz CT molecular complexity index is 632. The van der Waals surface area contributed by atoms with E-state index in [0.29, 0.717) is 5.75 Å². The summed E-state index contributed by atoms with van der Waals surface area (Å²) in [5, 5.41) is 0. The molecule has 0 aromatic heterocycles.